The van der Waals surface area contributed by atoms with E-state index < -0.39 is 0 Å². The van der Waals surface area contributed by atoms with Gasteiger partial charge in [0.25, 0.3) is 11.5 Å². The molecule has 2 aromatic carbocycles. The second-order valence-corrected chi connectivity index (χ2v) is 7.72. The summed E-state index contributed by atoms with van der Waals surface area (Å²) in [5.74, 6) is 0.348. The van der Waals surface area contributed by atoms with E-state index in [1.807, 2.05) is 19.1 Å². The number of amides is 1. The predicted molar refractivity (Wildman–Crippen MR) is 119 cm³/mol. The summed E-state index contributed by atoms with van der Waals surface area (Å²) in [4.78, 5) is 29.2. The smallest absolute Gasteiger partial charge is 0.258 e. The molecule has 2 heterocycles. The minimum Gasteiger partial charge on any atom is -0.487 e. The number of benzene rings is 2. The van der Waals surface area contributed by atoms with E-state index >= 15 is 0 Å². The number of aromatic nitrogens is 2. The molecule has 0 aliphatic carbocycles. The molecule has 1 amide bonds. The third kappa shape index (κ3) is 4.58. The zero-order chi connectivity index (χ0) is 21.1. The summed E-state index contributed by atoms with van der Waals surface area (Å²) in [6, 6.07) is 19.4. The molecule has 0 spiro atoms. The van der Waals surface area contributed by atoms with Crippen molar-refractivity contribution in [3.05, 3.63) is 105 Å². The number of fused-ring (bicyclic) bond motifs is 1. The number of ether oxygens (including phenoxy) is 1. The van der Waals surface area contributed by atoms with Crippen molar-refractivity contribution in [2.24, 2.45) is 0 Å². The van der Waals surface area contributed by atoms with Crippen LogP contribution in [-0.2, 0) is 6.61 Å². The molecule has 150 valence electrons. The van der Waals surface area contributed by atoms with Gasteiger partial charge in [-0.1, -0.05) is 34.1 Å². The Morgan fingerprint density at radius 2 is 1.93 bits per heavy atom. The lowest BCUT2D eigenvalue weighted by atomic mass is 10.2. The normalized spacial score (nSPS) is 10.7. The Kier molecular flexibility index (Phi) is 5.63. The van der Waals surface area contributed by atoms with Gasteiger partial charge in [-0.15, -0.1) is 0 Å². The quantitative estimate of drug-likeness (QED) is 0.469. The van der Waals surface area contributed by atoms with Gasteiger partial charge in [0.2, 0.25) is 0 Å². The molecule has 0 saturated heterocycles. The maximum absolute atomic E-state index is 12.4. The summed E-state index contributed by atoms with van der Waals surface area (Å²) in [6.45, 7) is 2.06. The van der Waals surface area contributed by atoms with Crippen molar-refractivity contribution in [3.63, 3.8) is 0 Å². The van der Waals surface area contributed by atoms with Gasteiger partial charge in [0, 0.05) is 34.1 Å². The second-order valence-electron chi connectivity index (χ2n) is 6.80. The van der Waals surface area contributed by atoms with Crippen LogP contribution in [0.3, 0.4) is 0 Å². The van der Waals surface area contributed by atoms with Crippen molar-refractivity contribution in [2.45, 2.75) is 13.5 Å². The first-order valence-electron chi connectivity index (χ1n) is 9.27. The molecular weight excluding hydrogens is 446 g/mol. The Hall–Kier alpha value is -3.45. The molecular formula is C23H18BrN3O3. The summed E-state index contributed by atoms with van der Waals surface area (Å²) in [6.07, 6.45) is 1.76. The van der Waals surface area contributed by atoms with Crippen LogP contribution in [0.15, 0.2) is 82.2 Å². The second kappa shape index (κ2) is 8.51. The highest BCUT2D eigenvalue weighted by molar-refractivity contribution is 9.10. The van der Waals surface area contributed by atoms with Crippen LogP contribution in [0.5, 0.6) is 5.75 Å². The van der Waals surface area contributed by atoms with Gasteiger partial charge in [0.1, 0.15) is 18.0 Å². The van der Waals surface area contributed by atoms with E-state index in [2.05, 4.69) is 26.2 Å². The van der Waals surface area contributed by atoms with E-state index in [9.17, 15) is 9.59 Å². The fourth-order valence-corrected chi connectivity index (χ4v) is 3.39. The zero-order valence-corrected chi connectivity index (χ0v) is 17.7. The standard InChI is InChI=1S/C23H18BrN3O3/c1-15-8-9-21-25-19(12-22(28)27(21)13-15)14-30-20-7-3-6-18(11-20)26-23(29)16-4-2-5-17(24)10-16/h2-13H,14H2,1H3,(H,26,29). The molecule has 1 N–H and O–H groups in total. The molecule has 0 aliphatic rings. The molecule has 2 aromatic heterocycles. The summed E-state index contributed by atoms with van der Waals surface area (Å²) in [5, 5.41) is 2.85. The molecule has 0 unspecified atom stereocenters. The Labute approximate surface area is 181 Å². The number of aryl methyl sites for hydroxylation is 1. The lowest BCUT2D eigenvalue weighted by Gasteiger charge is -2.10. The lowest BCUT2D eigenvalue weighted by Crippen LogP contribution is -2.16. The monoisotopic (exact) mass is 463 g/mol. The van der Waals surface area contributed by atoms with E-state index in [1.54, 1.807) is 54.7 Å². The number of nitrogens with one attached hydrogen (secondary N) is 1. The highest BCUT2D eigenvalue weighted by atomic mass is 79.9. The Bertz CT molecular complexity index is 1300. The number of hydrogen-bond acceptors (Lipinski definition) is 4. The minimum absolute atomic E-state index is 0.142. The summed E-state index contributed by atoms with van der Waals surface area (Å²) >= 11 is 3.36. The summed E-state index contributed by atoms with van der Waals surface area (Å²) in [7, 11) is 0. The van der Waals surface area contributed by atoms with Gasteiger partial charge in [-0.25, -0.2) is 4.98 Å². The SMILES string of the molecule is Cc1ccc2nc(COc3cccc(NC(=O)c4cccc(Br)c4)c3)cc(=O)n2c1. The third-order valence-corrected chi connectivity index (χ3v) is 4.92. The average Bonchev–Trinajstić information content (AvgIpc) is 2.73. The van der Waals surface area contributed by atoms with E-state index in [1.165, 1.54) is 10.5 Å². The van der Waals surface area contributed by atoms with Gasteiger partial charge in [-0.3, -0.25) is 14.0 Å². The third-order valence-electron chi connectivity index (χ3n) is 4.43. The first-order chi connectivity index (χ1) is 14.5. The van der Waals surface area contributed by atoms with Crippen molar-refractivity contribution in [1.82, 2.24) is 9.38 Å². The fourth-order valence-electron chi connectivity index (χ4n) is 2.99. The van der Waals surface area contributed by atoms with Gasteiger partial charge in [0.05, 0.1) is 5.69 Å². The van der Waals surface area contributed by atoms with Crippen molar-refractivity contribution in [2.75, 3.05) is 5.32 Å². The summed E-state index contributed by atoms with van der Waals surface area (Å²) < 4.78 is 8.14. The first-order valence-corrected chi connectivity index (χ1v) is 10.1. The first kappa shape index (κ1) is 19.8. The van der Waals surface area contributed by atoms with E-state index in [-0.39, 0.29) is 18.1 Å². The largest absolute Gasteiger partial charge is 0.487 e. The van der Waals surface area contributed by atoms with Crippen LogP contribution in [0.2, 0.25) is 0 Å². The Balaban J connectivity index is 1.47. The number of anilines is 1. The Morgan fingerprint density at radius 3 is 2.77 bits per heavy atom. The average molecular weight is 464 g/mol. The molecule has 0 bridgehead atoms. The highest BCUT2D eigenvalue weighted by Crippen LogP contribution is 2.20. The highest BCUT2D eigenvalue weighted by Gasteiger charge is 2.08. The number of nitrogens with zero attached hydrogens (tertiary/aromatic N) is 2. The van der Waals surface area contributed by atoms with Crippen LogP contribution in [0.4, 0.5) is 5.69 Å². The van der Waals surface area contributed by atoms with Crippen LogP contribution in [0.1, 0.15) is 21.6 Å². The summed E-state index contributed by atoms with van der Waals surface area (Å²) in [5.41, 5.74) is 3.09. The molecule has 0 aliphatic heterocycles. The number of pyridine rings is 1. The van der Waals surface area contributed by atoms with Crippen LogP contribution < -0.4 is 15.6 Å². The van der Waals surface area contributed by atoms with Crippen LogP contribution in [0.25, 0.3) is 5.65 Å². The molecule has 0 radical (unpaired) electrons. The minimum atomic E-state index is -0.215. The zero-order valence-electron chi connectivity index (χ0n) is 16.1. The lowest BCUT2D eigenvalue weighted by molar-refractivity contribution is 0.102. The molecule has 4 rings (SSSR count). The van der Waals surface area contributed by atoms with Gasteiger partial charge < -0.3 is 10.1 Å². The van der Waals surface area contributed by atoms with Crippen LogP contribution >= 0.6 is 15.9 Å². The van der Waals surface area contributed by atoms with Gasteiger partial charge in [0.15, 0.2) is 0 Å². The predicted octanol–water partition coefficient (Wildman–Crippen LogP) is 4.60. The topological polar surface area (TPSA) is 72.7 Å². The van der Waals surface area contributed by atoms with Crippen LogP contribution in [0, 0.1) is 6.92 Å². The van der Waals surface area contributed by atoms with E-state index in [0.29, 0.717) is 28.3 Å². The molecule has 0 atom stereocenters. The maximum Gasteiger partial charge on any atom is 0.258 e. The number of hydrogen-bond donors (Lipinski definition) is 1. The van der Waals surface area contributed by atoms with E-state index in [4.69, 9.17) is 4.74 Å². The van der Waals surface area contributed by atoms with E-state index in [0.717, 1.165) is 10.0 Å². The molecule has 0 fully saturated rings. The van der Waals surface area contributed by atoms with Crippen LogP contribution in [-0.4, -0.2) is 15.3 Å². The maximum atomic E-state index is 12.4. The van der Waals surface area contributed by atoms with Gasteiger partial charge >= 0.3 is 0 Å². The van der Waals surface area contributed by atoms with Crippen molar-refractivity contribution >= 4 is 33.2 Å². The van der Waals surface area contributed by atoms with Gasteiger partial charge in [-0.05, 0) is 48.9 Å². The van der Waals surface area contributed by atoms with Crippen molar-refractivity contribution in [1.29, 1.82) is 0 Å². The molecule has 30 heavy (non-hydrogen) atoms. The Morgan fingerprint density at radius 1 is 1.10 bits per heavy atom. The van der Waals surface area contributed by atoms with Crippen molar-refractivity contribution in [3.8, 4) is 5.75 Å². The molecule has 7 heteroatoms. The molecule has 0 saturated carbocycles. The number of rotatable bonds is 5. The van der Waals surface area contributed by atoms with Crippen molar-refractivity contribution < 1.29 is 9.53 Å². The number of carbonyl (C=O) groups is 1. The fraction of sp³-hybridized carbons (Fsp3) is 0.0870. The number of carbonyl (C=O) groups excluding carboxylic acids is 1. The molecule has 4 aromatic rings. The molecule has 6 nitrogen and oxygen atoms in total. The van der Waals surface area contributed by atoms with Gasteiger partial charge in [-0.2, -0.15) is 0 Å². The number of halogens is 1.